The molecule has 0 aliphatic carbocycles. The quantitative estimate of drug-likeness (QED) is 0.871. The van der Waals surface area contributed by atoms with Crippen LogP contribution in [0, 0.1) is 5.82 Å². The molecule has 0 radical (unpaired) electrons. The molecule has 0 amide bonds. The van der Waals surface area contributed by atoms with Gasteiger partial charge in [-0.15, -0.1) is 13.2 Å². The summed E-state index contributed by atoms with van der Waals surface area (Å²) in [5.74, 6) is -1.98. The van der Waals surface area contributed by atoms with Gasteiger partial charge in [0.1, 0.15) is 0 Å². The number of ether oxygens (including phenoxy) is 1. The summed E-state index contributed by atoms with van der Waals surface area (Å²) in [6.07, 6.45) is -4.93. The van der Waals surface area contributed by atoms with E-state index >= 15 is 0 Å². The summed E-state index contributed by atoms with van der Waals surface area (Å²) >= 11 is 0. The van der Waals surface area contributed by atoms with Crippen molar-refractivity contribution >= 4 is 0 Å². The second-order valence-corrected chi connectivity index (χ2v) is 4.13. The van der Waals surface area contributed by atoms with Crippen molar-refractivity contribution in [2.75, 3.05) is 0 Å². The molecule has 2 aromatic rings. The van der Waals surface area contributed by atoms with Crippen molar-refractivity contribution in [3.05, 3.63) is 65.5 Å². The molecule has 0 saturated carbocycles. The molecule has 0 spiro atoms. The van der Waals surface area contributed by atoms with Gasteiger partial charge >= 0.3 is 6.36 Å². The first-order valence-electron chi connectivity index (χ1n) is 5.72. The summed E-state index contributed by atoms with van der Waals surface area (Å²) in [6.45, 7) is 0. The fourth-order valence-electron chi connectivity index (χ4n) is 1.77. The molecule has 1 atom stereocenters. The highest BCUT2D eigenvalue weighted by Gasteiger charge is 2.32. The maximum Gasteiger partial charge on any atom is 0.573 e. The molecular weight excluding hydrogens is 274 g/mol. The van der Waals surface area contributed by atoms with Crippen LogP contribution in [-0.2, 0) is 0 Å². The third kappa shape index (κ3) is 3.48. The monoisotopic (exact) mass is 285 g/mol. The molecule has 20 heavy (non-hydrogen) atoms. The molecule has 1 unspecified atom stereocenters. The SMILES string of the molecule is NC(c1ccccc1)c1ccc(OC(F)(F)F)c(F)c1. The predicted octanol–water partition coefficient (Wildman–Crippen LogP) is 3.77. The van der Waals surface area contributed by atoms with Crippen molar-refractivity contribution < 1.29 is 22.3 Å². The molecule has 2 N–H and O–H groups in total. The predicted molar refractivity (Wildman–Crippen MR) is 65.6 cm³/mol. The van der Waals surface area contributed by atoms with E-state index in [4.69, 9.17) is 5.73 Å². The van der Waals surface area contributed by atoms with E-state index in [1.165, 1.54) is 6.07 Å². The Bertz CT molecular complexity index is 583. The molecule has 0 aromatic heterocycles. The largest absolute Gasteiger partial charge is 0.573 e. The van der Waals surface area contributed by atoms with Gasteiger partial charge in [0, 0.05) is 0 Å². The molecule has 0 saturated heterocycles. The van der Waals surface area contributed by atoms with Crippen LogP contribution in [0.1, 0.15) is 17.2 Å². The van der Waals surface area contributed by atoms with Gasteiger partial charge in [0.2, 0.25) is 0 Å². The van der Waals surface area contributed by atoms with Gasteiger partial charge in [0.25, 0.3) is 0 Å². The zero-order chi connectivity index (χ0) is 14.8. The summed E-state index contributed by atoms with van der Waals surface area (Å²) in [6, 6.07) is 11.4. The summed E-state index contributed by atoms with van der Waals surface area (Å²) in [5, 5.41) is 0. The third-order valence-corrected chi connectivity index (χ3v) is 2.70. The highest BCUT2D eigenvalue weighted by atomic mass is 19.4. The number of benzene rings is 2. The van der Waals surface area contributed by atoms with Gasteiger partial charge in [-0.3, -0.25) is 0 Å². The van der Waals surface area contributed by atoms with Crippen molar-refractivity contribution in [1.82, 2.24) is 0 Å². The Labute approximate surface area is 112 Å². The Kier molecular flexibility index (Phi) is 3.94. The Balaban J connectivity index is 2.25. The van der Waals surface area contributed by atoms with Crippen molar-refractivity contribution in [3.63, 3.8) is 0 Å². The normalized spacial score (nSPS) is 13.1. The third-order valence-electron chi connectivity index (χ3n) is 2.70. The van der Waals surface area contributed by atoms with E-state index in [1.54, 1.807) is 30.3 Å². The molecule has 0 aliphatic heterocycles. The van der Waals surface area contributed by atoms with Crippen molar-refractivity contribution in [2.45, 2.75) is 12.4 Å². The van der Waals surface area contributed by atoms with Gasteiger partial charge in [0.05, 0.1) is 6.04 Å². The zero-order valence-electron chi connectivity index (χ0n) is 10.2. The van der Waals surface area contributed by atoms with E-state index in [9.17, 15) is 17.6 Å². The first-order valence-corrected chi connectivity index (χ1v) is 5.72. The van der Waals surface area contributed by atoms with Gasteiger partial charge in [-0.25, -0.2) is 4.39 Å². The first kappa shape index (κ1) is 14.3. The van der Waals surface area contributed by atoms with Crippen LogP contribution in [-0.4, -0.2) is 6.36 Å². The topological polar surface area (TPSA) is 35.2 Å². The van der Waals surface area contributed by atoms with Crippen LogP contribution in [0.15, 0.2) is 48.5 Å². The van der Waals surface area contributed by atoms with Gasteiger partial charge in [-0.2, -0.15) is 0 Å². The average Bonchev–Trinajstić information content (AvgIpc) is 2.40. The maximum atomic E-state index is 13.6. The van der Waals surface area contributed by atoms with Crippen LogP contribution in [0.2, 0.25) is 0 Å². The molecule has 2 aromatic carbocycles. The van der Waals surface area contributed by atoms with Crippen LogP contribution in [0.25, 0.3) is 0 Å². The molecule has 0 heterocycles. The number of nitrogens with two attached hydrogens (primary N) is 1. The zero-order valence-corrected chi connectivity index (χ0v) is 10.2. The van der Waals surface area contributed by atoms with Crippen molar-refractivity contribution in [1.29, 1.82) is 0 Å². The van der Waals surface area contributed by atoms with Gasteiger partial charge < -0.3 is 10.5 Å². The van der Waals surface area contributed by atoms with E-state index < -0.39 is 24.0 Å². The number of rotatable bonds is 3. The van der Waals surface area contributed by atoms with Gasteiger partial charge in [0.15, 0.2) is 11.6 Å². The molecular formula is C14H11F4NO. The van der Waals surface area contributed by atoms with Crippen LogP contribution < -0.4 is 10.5 Å². The average molecular weight is 285 g/mol. The molecule has 0 aliphatic rings. The van der Waals surface area contributed by atoms with Crippen molar-refractivity contribution in [3.8, 4) is 5.75 Å². The second-order valence-electron chi connectivity index (χ2n) is 4.13. The minimum absolute atomic E-state index is 0.364. The minimum atomic E-state index is -4.93. The summed E-state index contributed by atoms with van der Waals surface area (Å²) in [4.78, 5) is 0. The molecule has 2 rings (SSSR count). The van der Waals surface area contributed by atoms with E-state index in [-0.39, 0.29) is 0 Å². The fourth-order valence-corrected chi connectivity index (χ4v) is 1.77. The lowest BCUT2D eigenvalue weighted by atomic mass is 9.99. The molecule has 0 fully saturated rings. The summed E-state index contributed by atoms with van der Waals surface area (Å²) in [5.41, 5.74) is 7.03. The highest BCUT2D eigenvalue weighted by molar-refractivity contribution is 5.36. The minimum Gasteiger partial charge on any atom is -0.403 e. The van der Waals surface area contributed by atoms with E-state index in [2.05, 4.69) is 4.74 Å². The maximum absolute atomic E-state index is 13.6. The lowest BCUT2D eigenvalue weighted by Gasteiger charge is -2.14. The van der Waals surface area contributed by atoms with Gasteiger partial charge in [-0.1, -0.05) is 36.4 Å². The summed E-state index contributed by atoms with van der Waals surface area (Å²) < 4.78 is 53.2. The lowest BCUT2D eigenvalue weighted by Crippen LogP contribution is -2.18. The van der Waals surface area contributed by atoms with E-state index in [0.29, 0.717) is 5.56 Å². The van der Waals surface area contributed by atoms with Crippen LogP contribution in [0.3, 0.4) is 0 Å². The number of hydrogen-bond acceptors (Lipinski definition) is 2. The lowest BCUT2D eigenvalue weighted by molar-refractivity contribution is -0.275. The molecule has 2 nitrogen and oxygen atoms in total. The fraction of sp³-hybridized carbons (Fsp3) is 0.143. The van der Waals surface area contributed by atoms with Crippen LogP contribution >= 0.6 is 0 Å². The van der Waals surface area contributed by atoms with Crippen LogP contribution in [0.5, 0.6) is 5.75 Å². The molecule has 0 bridgehead atoms. The first-order chi connectivity index (χ1) is 9.37. The summed E-state index contributed by atoms with van der Waals surface area (Å²) in [7, 11) is 0. The number of alkyl halides is 3. The second kappa shape index (κ2) is 5.50. The standard InChI is InChI=1S/C14H11F4NO/c15-11-8-10(6-7-12(11)20-14(16,17)18)13(19)9-4-2-1-3-5-9/h1-8,13H,19H2. The van der Waals surface area contributed by atoms with E-state index in [0.717, 1.165) is 17.7 Å². The smallest absolute Gasteiger partial charge is 0.403 e. The Morgan fingerprint density at radius 3 is 2.15 bits per heavy atom. The van der Waals surface area contributed by atoms with Crippen LogP contribution in [0.4, 0.5) is 17.6 Å². The highest BCUT2D eigenvalue weighted by Crippen LogP contribution is 2.28. The molecule has 6 heteroatoms. The Morgan fingerprint density at radius 2 is 1.60 bits per heavy atom. The van der Waals surface area contributed by atoms with E-state index in [1.807, 2.05) is 0 Å². The number of hydrogen-bond donors (Lipinski definition) is 1. The Hall–Kier alpha value is -2.08. The molecule has 106 valence electrons. The van der Waals surface area contributed by atoms with Gasteiger partial charge in [-0.05, 0) is 23.3 Å². The Morgan fingerprint density at radius 1 is 0.950 bits per heavy atom. The number of halogens is 4. The van der Waals surface area contributed by atoms with Crippen molar-refractivity contribution in [2.24, 2.45) is 5.73 Å².